The van der Waals surface area contributed by atoms with Gasteiger partial charge in [-0.25, -0.2) is 5.43 Å². The summed E-state index contributed by atoms with van der Waals surface area (Å²) in [6, 6.07) is 10.5. The van der Waals surface area contributed by atoms with Gasteiger partial charge in [-0.1, -0.05) is 53.7 Å². The first-order valence-electron chi connectivity index (χ1n) is 11.8. The number of hydrogen-bond acceptors (Lipinski definition) is 5. The molecule has 4 N–H and O–H groups in total. The van der Waals surface area contributed by atoms with Crippen LogP contribution in [0.25, 0.3) is 0 Å². The fraction of sp³-hybridized carbons (Fsp3) is 0.464. The second kappa shape index (κ2) is 10.5. The summed E-state index contributed by atoms with van der Waals surface area (Å²) in [4.78, 5) is 24.7. The van der Waals surface area contributed by atoms with Crippen LogP contribution in [0.5, 0.6) is 11.5 Å². The Hall–Kier alpha value is -3.35. The third kappa shape index (κ3) is 8.42. The molecular formula is C28H39N3O4. The summed E-state index contributed by atoms with van der Waals surface area (Å²) < 4.78 is 0. The lowest BCUT2D eigenvalue weighted by Gasteiger charge is -2.27. The molecular weight excluding hydrogens is 442 g/mol. The minimum absolute atomic E-state index is 0.185. The van der Waals surface area contributed by atoms with Crippen molar-refractivity contribution in [1.29, 1.82) is 0 Å². The second-order valence-electron chi connectivity index (χ2n) is 11.7. The molecule has 0 bridgehead atoms. The van der Waals surface area contributed by atoms with E-state index in [9.17, 15) is 19.8 Å². The Balaban J connectivity index is 2.03. The first-order chi connectivity index (χ1) is 16.0. The van der Waals surface area contributed by atoms with Crippen molar-refractivity contribution in [1.82, 2.24) is 10.7 Å². The smallest absolute Gasteiger partial charge is 0.249 e. The van der Waals surface area contributed by atoms with E-state index in [4.69, 9.17) is 0 Å². The Morgan fingerprint density at radius 3 is 1.86 bits per heavy atom. The number of amides is 2. The molecule has 0 saturated heterocycles. The van der Waals surface area contributed by atoms with Gasteiger partial charge >= 0.3 is 0 Å². The van der Waals surface area contributed by atoms with Crippen LogP contribution in [-0.2, 0) is 26.8 Å². The number of phenolic OH excluding ortho intramolecular Hbond substituents is 2. The predicted octanol–water partition coefficient (Wildman–Crippen LogP) is 4.67. The van der Waals surface area contributed by atoms with Crippen molar-refractivity contribution in [3.05, 3.63) is 58.7 Å². The van der Waals surface area contributed by atoms with Gasteiger partial charge in [0.25, 0.3) is 0 Å². The van der Waals surface area contributed by atoms with E-state index < -0.39 is 17.4 Å². The second-order valence-corrected chi connectivity index (χ2v) is 11.7. The molecule has 0 unspecified atom stereocenters. The predicted molar refractivity (Wildman–Crippen MR) is 140 cm³/mol. The molecule has 7 heteroatoms. The maximum absolute atomic E-state index is 12.4. The highest BCUT2D eigenvalue weighted by atomic mass is 16.3. The molecule has 35 heavy (non-hydrogen) atoms. The van der Waals surface area contributed by atoms with E-state index in [1.54, 1.807) is 24.3 Å². The van der Waals surface area contributed by atoms with Crippen LogP contribution in [0, 0.1) is 0 Å². The maximum Gasteiger partial charge on any atom is 0.249 e. The summed E-state index contributed by atoms with van der Waals surface area (Å²) in [6.07, 6.45) is 1.72. The largest absolute Gasteiger partial charge is 0.508 e. The molecule has 0 fully saturated rings. The number of nitrogens with one attached hydrogen (secondary N) is 2. The summed E-state index contributed by atoms with van der Waals surface area (Å²) >= 11 is 0. The normalized spacial score (nSPS) is 12.6. The highest BCUT2D eigenvalue weighted by Gasteiger charge is 2.26. The minimum Gasteiger partial charge on any atom is -0.508 e. The third-order valence-corrected chi connectivity index (χ3v) is 5.53. The number of phenols is 2. The fourth-order valence-corrected chi connectivity index (χ4v) is 3.83. The quantitative estimate of drug-likeness (QED) is 0.262. The summed E-state index contributed by atoms with van der Waals surface area (Å²) in [7, 11) is 0. The van der Waals surface area contributed by atoms with Gasteiger partial charge < -0.3 is 15.5 Å². The van der Waals surface area contributed by atoms with Crippen molar-refractivity contribution >= 4 is 18.0 Å². The van der Waals surface area contributed by atoms with Gasteiger partial charge in [-0.15, -0.1) is 0 Å². The molecule has 0 spiro atoms. The van der Waals surface area contributed by atoms with E-state index >= 15 is 0 Å². The van der Waals surface area contributed by atoms with E-state index in [0.29, 0.717) is 6.42 Å². The lowest BCUT2D eigenvalue weighted by molar-refractivity contribution is -0.130. The van der Waals surface area contributed by atoms with Crippen LogP contribution in [0.3, 0.4) is 0 Å². The van der Waals surface area contributed by atoms with Crippen molar-refractivity contribution in [3.63, 3.8) is 0 Å². The summed E-state index contributed by atoms with van der Waals surface area (Å²) in [5, 5.41) is 27.1. The summed E-state index contributed by atoms with van der Waals surface area (Å²) in [5.41, 5.74) is 4.59. The Labute approximate surface area is 208 Å². The fourth-order valence-electron chi connectivity index (χ4n) is 3.83. The number of hydrazone groups is 1. The van der Waals surface area contributed by atoms with E-state index in [0.717, 1.165) is 22.3 Å². The topological polar surface area (TPSA) is 111 Å². The molecule has 7 nitrogen and oxygen atoms in total. The van der Waals surface area contributed by atoms with Crippen LogP contribution in [-0.4, -0.2) is 33.8 Å². The van der Waals surface area contributed by atoms with Crippen LogP contribution in [0.2, 0.25) is 0 Å². The number of carbonyl (C=O) groups excluding carboxylic acids is 2. The molecule has 2 aromatic carbocycles. The molecule has 0 aromatic heterocycles. The molecule has 190 valence electrons. The van der Waals surface area contributed by atoms with Gasteiger partial charge in [0.1, 0.15) is 17.9 Å². The van der Waals surface area contributed by atoms with Crippen molar-refractivity contribution in [2.75, 3.05) is 0 Å². The van der Waals surface area contributed by atoms with Crippen molar-refractivity contribution in [2.45, 2.75) is 84.6 Å². The van der Waals surface area contributed by atoms with Gasteiger partial charge in [-0.2, -0.15) is 5.10 Å². The molecule has 0 heterocycles. The van der Waals surface area contributed by atoms with E-state index in [1.165, 1.54) is 6.21 Å². The van der Waals surface area contributed by atoms with Crippen molar-refractivity contribution in [3.8, 4) is 11.5 Å². The lowest BCUT2D eigenvalue weighted by Crippen LogP contribution is -2.46. The van der Waals surface area contributed by atoms with E-state index in [2.05, 4.69) is 15.8 Å². The molecule has 0 saturated carbocycles. The number of rotatable bonds is 7. The van der Waals surface area contributed by atoms with Gasteiger partial charge in [0.2, 0.25) is 11.8 Å². The van der Waals surface area contributed by atoms with Gasteiger partial charge in [-0.3, -0.25) is 9.59 Å². The third-order valence-electron chi connectivity index (χ3n) is 5.53. The zero-order valence-corrected chi connectivity index (χ0v) is 22.1. The number of nitrogens with zero attached hydrogens (tertiary/aromatic N) is 1. The van der Waals surface area contributed by atoms with E-state index in [1.807, 2.05) is 67.5 Å². The molecule has 0 radical (unpaired) electrons. The zero-order chi connectivity index (χ0) is 26.6. The molecule has 2 rings (SSSR count). The van der Waals surface area contributed by atoms with Crippen LogP contribution >= 0.6 is 0 Å². The average Bonchev–Trinajstić information content (AvgIpc) is 2.68. The van der Waals surface area contributed by atoms with Crippen LogP contribution in [0.4, 0.5) is 0 Å². The highest BCUT2D eigenvalue weighted by molar-refractivity contribution is 5.97. The summed E-state index contributed by atoms with van der Waals surface area (Å²) in [5.74, 6) is -0.469. The number of benzene rings is 2. The van der Waals surface area contributed by atoms with Gasteiger partial charge in [-0.05, 0) is 66.5 Å². The molecule has 0 aliphatic rings. The molecule has 2 amide bonds. The maximum atomic E-state index is 12.4. The number of hydrogen-bond donors (Lipinski definition) is 4. The Morgan fingerprint density at radius 2 is 1.37 bits per heavy atom. The lowest BCUT2D eigenvalue weighted by atomic mass is 9.78. The standard InChI is InChI=1S/C28H39N3O4/c1-26(2,3)21-13-19(14-22(25(21)35)27(4,5)6)17-29-31-24(34)15-23(33)30-28(7,8)16-18-9-11-20(32)12-10-18/h9-14,17,32,35H,15-16H2,1-8H3,(H,30,33)(H,31,34)/b29-17-. The molecule has 2 aromatic rings. The molecule has 0 aliphatic heterocycles. The zero-order valence-electron chi connectivity index (χ0n) is 22.1. The number of carbonyl (C=O) groups is 2. The average molecular weight is 482 g/mol. The van der Waals surface area contributed by atoms with Crippen LogP contribution in [0.15, 0.2) is 41.5 Å². The Bertz CT molecular complexity index is 1050. The summed E-state index contributed by atoms with van der Waals surface area (Å²) in [6.45, 7) is 15.9. The Kier molecular flexibility index (Phi) is 8.37. The van der Waals surface area contributed by atoms with Crippen LogP contribution in [0.1, 0.15) is 84.1 Å². The van der Waals surface area contributed by atoms with Crippen molar-refractivity contribution in [2.24, 2.45) is 5.10 Å². The van der Waals surface area contributed by atoms with Crippen LogP contribution < -0.4 is 10.7 Å². The number of aromatic hydroxyl groups is 2. The molecule has 0 aliphatic carbocycles. The minimum atomic E-state index is -0.573. The highest BCUT2D eigenvalue weighted by Crippen LogP contribution is 2.39. The van der Waals surface area contributed by atoms with E-state index in [-0.39, 0.29) is 28.7 Å². The monoisotopic (exact) mass is 481 g/mol. The van der Waals surface area contributed by atoms with Crippen molar-refractivity contribution < 1.29 is 19.8 Å². The molecule has 0 atom stereocenters. The Morgan fingerprint density at radius 1 is 0.857 bits per heavy atom. The van der Waals surface area contributed by atoms with Gasteiger partial charge in [0.15, 0.2) is 0 Å². The first-order valence-corrected chi connectivity index (χ1v) is 11.8. The first kappa shape index (κ1) is 27.9. The SMILES string of the molecule is CC(C)(Cc1ccc(O)cc1)NC(=O)CC(=O)N/N=C\c1cc(C(C)(C)C)c(O)c(C(C)(C)C)c1. The van der Waals surface area contributed by atoms with Gasteiger partial charge in [0, 0.05) is 16.7 Å². The van der Waals surface area contributed by atoms with Gasteiger partial charge in [0.05, 0.1) is 6.21 Å².